The molecule has 2 heterocycles. The van der Waals surface area contributed by atoms with Gasteiger partial charge in [-0.05, 0) is 13.0 Å². The van der Waals surface area contributed by atoms with Crippen LogP contribution in [0.5, 0.6) is 0 Å². The predicted molar refractivity (Wildman–Crippen MR) is 126 cm³/mol. The maximum atomic E-state index is 10.6. The van der Waals surface area contributed by atoms with Crippen molar-refractivity contribution >= 4 is 0 Å². The molecule has 11 heteroatoms. The van der Waals surface area contributed by atoms with Crippen molar-refractivity contribution in [3.8, 4) is 0 Å². The molecule has 11 nitrogen and oxygen atoms in total. The Bertz CT molecular complexity index is 554. The Balaban J connectivity index is 1.74. The lowest BCUT2D eigenvalue weighted by atomic mass is 9.95. The van der Waals surface area contributed by atoms with Crippen molar-refractivity contribution in [3.05, 3.63) is 0 Å². The molecule has 208 valence electrons. The van der Waals surface area contributed by atoms with E-state index in [9.17, 15) is 35.7 Å². The van der Waals surface area contributed by atoms with Gasteiger partial charge in [0.25, 0.3) is 0 Å². The van der Waals surface area contributed by atoms with Crippen LogP contribution >= 0.6 is 0 Å². The molecule has 35 heavy (non-hydrogen) atoms. The first kappa shape index (κ1) is 30.8. The minimum atomic E-state index is -1.68. The highest BCUT2D eigenvalue weighted by molar-refractivity contribution is 4.95. The zero-order valence-corrected chi connectivity index (χ0v) is 20.8. The Morgan fingerprint density at radius 3 is 1.63 bits per heavy atom. The minimum Gasteiger partial charge on any atom is -0.394 e. The smallest absolute Gasteiger partial charge is 0.189 e. The average molecular weight is 510 g/mol. The zero-order valence-electron chi connectivity index (χ0n) is 20.8. The van der Waals surface area contributed by atoms with Crippen LogP contribution in [0.25, 0.3) is 0 Å². The fraction of sp³-hybridized carbons (Fsp3) is 1.00. The second-order valence-corrected chi connectivity index (χ2v) is 9.70. The van der Waals surface area contributed by atoms with Crippen molar-refractivity contribution in [1.29, 1.82) is 0 Å². The van der Waals surface area contributed by atoms with E-state index in [4.69, 9.17) is 14.2 Å². The van der Waals surface area contributed by atoms with Crippen LogP contribution < -0.4 is 5.32 Å². The van der Waals surface area contributed by atoms with Crippen LogP contribution in [0.3, 0.4) is 0 Å². The Kier molecular flexibility index (Phi) is 14.4. The van der Waals surface area contributed by atoms with Gasteiger partial charge in [0.05, 0.1) is 19.3 Å². The summed E-state index contributed by atoms with van der Waals surface area (Å²) < 4.78 is 16.3. The Morgan fingerprint density at radius 1 is 0.600 bits per heavy atom. The summed E-state index contributed by atoms with van der Waals surface area (Å²) in [5.74, 6) is 0. The van der Waals surface area contributed by atoms with E-state index >= 15 is 0 Å². The van der Waals surface area contributed by atoms with E-state index in [0.717, 1.165) is 19.3 Å². The van der Waals surface area contributed by atoms with Crippen molar-refractivity contribution < 1.29 is 50.0 Å². The third-order valence-electron chi connectivity index (χ3n) is 6.91. The van der Waals surface area contributed by atoms with Crippen LogP contribution in [0, 0.1) is 0 Å². The number of rotatable bonds is 16. The first-order chi connectivity index (χ1) is 16.8. The van der Waals surface area contributed by atoms with Crippen LogP contribution in [-0.4, -0.2) is 117 Å². The fourth-order valence-electron chi connectivity index (χ4n) is 4.65. The number of hydrogen-bond acceptors (Lipinski definition) is 11. The number of aliphatic hydroxyl groups excluding tert-OH is 7. The third kappa shape index (κ3) is 9.11. The minimum absolute atomic E-state index is 0.450. The SMILES string of the molecule is CCCCCCCCCCCCN[C@@H]1C(CO)O[C@H](O[C@H]2O[C@H](CO)[C@@H](O)C(O)C2O)C(O)[C@H]1O. The summed E-state index contributed by atoms with van der Waals surface area (Å²) in [4.78, 5) is 0. The number of hydrogen-bond donors (Lipinski definition) is 8. The summed E-state index contributed by atoms with van der Waals surface area (Å²) in [6, 6.07) is -0.733. The summed E-state index contributed by atoms with van der Waals surface area (Å²) in [7, 11) is 0. The molecule has 0 spiro atoms. The van der Waals surface area contributed by atoms with Crippen LogP contribution in [0.15, 0.2) is 0 Å². The van der Waals surface area contributed by atoms with Crippen molar-refractivity contribution in [1.82, 2.24) is 5.32 Å². The lowest BCUT2D eigenvalue weighted by molar-refractivity contribution is -0.370. The van der Waals surface area contributed by atoms with Gasteiger partial charge in [-0.1, -0.05) is 64.7 Å². The molecule has 0 aromatic carbocycles. The summed E-state index contributed by atoms with van der Waals surface area (Å²) in [5, 5.41) is 73.4. The maximum absolute atomic E-state index is 10.6. The normalized spacial score (nSPS) is 38.1. The highest BCUT2D eigenvalue weighted by Crippen LogP contribution is 2.28. The standard InChI is InChI=1S/C24H47NO10/c1-2-3-4-5-6-7-8-9-10-11-12-25-17-15(13-26)33-23(21(31)19(17)29)35-24-22(32)20(30)18(28)16(14-27)34-24/h15-32H,2-14H2,1H3/t15?,16-,17-,18-,19+,20?,21?,22?,23-,24-/m1/s1. The molecule has 2 fully saturated rings. The van der Waals surface area contributed by atoms with Gasteiger partial charge in [-0.15, -0.1) is 0 Å². The Labute approximate surface area is 208 Å². The second kappa shape index (κ2) is 16.4. The van der Waals surface area contributed by atoms with Crippen molar-refractivity contribution in [2.45, 2.75) is 132 Å². The third-order valence-corrected chi connectivity index (χ3v) is 6.91. The van der Waals surface area contributed by atoms with E-state index in [1.165, 1.54) is 44.9 Å². The molecule has 0 amide bonds. The molecule has 4 unspecified atom stereocenters. The molecule has 0 aromatic heterocycles. The number of unbranched alkanes of at least 4 members (excludes halogenated alkanes) is 9. The highest BCUT2D eigenvalue weighted by Gasteiger charge is 2.49. The van der Waals surface area contributed by atoms with E-state index in [-0.39, 0.29) is 0 Å². The van der Waals surface area contributed by atoms with E-state index in [1.807, 2.05) is 0 Å². The number of aliphatic hydroxyl groups is 7. The van der Waals surface area contributed by atoms with Gasteiger partial charge < -0.3 is 55.3 Å². The van der Waals surface area contributed by atoms with Gasteiger partial charge in [0.2, 0.25) is 0 Å². The molecule has 8 N–H and O–H groups in total. The number of ether oxygens (including phenoxy) is 3. The Hall–Kier alpha value is -0.440. The van der Waals surface area contributed by atoms with Crippen molar-refractivity contribution in [2.24, 2.45) is 0 Å². The topological polar surface area (TPSA) is 181 Å². The maximum Gasteiger partial charge on any atom is 0.189 e. The van der Waals surface area contributed by atoms with Crippen LogP contribution in [0.2, 0.25) is 0 Å². The molecule has 2 saturated heterocycles. The molecular formula is C24H47NO10. The fourth-order valence-corrected chi connectivity index (χ4v) is 4.65. The van der Waals surface area contributed by atoms with E-state index < -0.39 is 74.6 Å². The average Bonchev–Trinajstić information content (AvgIpc) is 2.86. The Morgan fingerprint density at radius 2 is 1.09 bits per heavy atom. The monoisotopic (exact) mass is 509 g/mol. The van der Waals surface area contributed by atoms with Gasteiger partial charge in [0.1, 0.15) is 42.7 Å². The predicted octanol–water partition coefficient (Wildman–Crippen LogP) is -0.879. The number of nitrogens with one attached hydrogen (secondary N) is 1. The zero-order chi connectivity index (χ0) is 25.8. The molecule has 2 aliphatic rings. The lowest BCUT2D eigenvalue weighted by Crippen LogP contribution is -2.66. The summed E-state index contributed by atoms with van der Waals surface area (Å²) in [5.41, 5.74) is 0. The first-order valence-electron chi connectivity index (χ1n) is 13.2. The molecule has 2 aliphatic heterocycles. The van der Waals surface area contributed by atoms with E-state index in [2.05, 4.69) is 12.2 Å². The van der Waals surface area contributed by atoms with Gasteiger partial charge >= 0.3 is 0 Å². The molecule has 10 atom stereocenters. The van der Waals surface area contributed by atoms with Gasteiger partial charge in [-0.2, -0.15) is 0 Å². The van der Waals surface area contributed by atoms with E-state index in [0.29, 0.717) is 6.54 Å². The van der Waals surface area contributed by atoms with Crippen LogP contribution in [0.4, 0.5) is 0 Å². The molecular weight excluding hydrogens is 462 g/mol. The molecule has 0 radical (unpaired) electrons. The van der Waals surface area contributed by atoms with Crippen molar-refractivity contribution in [3.63, 3.8) is 0 Å². The first-order valence-corrected chi connectivity index (χ1v) is 13.2. The largest absolute Gasteiger partial charge is 0.394 e. The molecule has 0 aliphatic carbocycles. The van der Waals surface area contributed by atoms with Crippen molar-refractivity contribution in [2.75, 3.05) is 19.8 Å². The van der Waals surface area contributed by atoms with Gasteiger partial charge in [-0.25, -0.2) is 0 Å². The lowest BCUT2D eigenvalue weighted by Gasteiger charge is -2.45. The summed E-state index contributed by atoms with van der Waals surface area (Å²) in [6.45, 7) is 1.72. The summed E-state index contributed by atoms with van der Waals surface area (Å²) in [6.07, 6.45) is -0.841. The van der Waals surface area contributed by atoms with Crippen LogP contribution in [0.1, 0.15) is 71.1 Å². The molecule has 0 saturated carbocycles. The van der Waals surface area contributed by atoms with Gasteiger partial charge in [-0.3, -0.25) is 0 Å². The van der Waals surface area contributed by atoms with Crippen LogP contribution in [-0.2, 0) is 14.2 Å². The van der Waals surface area contributed by atoms with Gasteiger partial charge in [0, 0.05) is 0 Å². The second-order valence-electron chi connectivity index (χ2n) is 9.70. The van der Waals surface area contributed by atoms with Gasteiger partial charge in [0.15, 0.2) is 12.6 Å². The van der Waals surface area contributed by atoms with E-state index in [1.54, 1.807) is 0 Å². The molecule has 2 rings (SSSR count). The quantitative estimate of drug-likeness (QED) is 0.121. The highest BCUT2D eigenvalue weighted by atomic mass is 16.8. The molecule has 0 aromatic rings. The summed E-state index contributed by atoms with van der Waals surface area (Å²) >= 11 is 0. The molecule has 0 bridgehead atoms.